The summed E-state index contributed by atoms with van der Waals surface area (Å²) in [5.41, 5.74) is -0.561. The van der Waals surface area contributed by atoms with Crippen molar-refractivity contribution < 1.29 is 15.0 Å². The van der Waals surface area contributed by atoms with E-state index >= 15 is 0 Å². The lowest BCUT2D eigenvalue weighted by molar-refractivity contribution is 0.0204. The molecule has 2 unspecified atom stereocenters. The fourth-order valence-electron chi connectivity index (χ4n) is 1.40. The number of thioether (sulfide) groups is 1. The van der Waals surface area contributed by atoms with Crippen molar-refractivity contribution in [3.8, 4) is 0 Å². The molecule has 0 aliphatic carbocycles. The van der Waals surface area contributed by atoms with Crippen molar-refractivity contribution >= 4 is 17.9 Å². The quantitative estimate of drug-likeness (QED) is 0.558. The summed E-state index contributed by atoms with van der Waals surface area (Å²) in [5.74, 6) is 0. The smallest absolute Gasteiger partial charge is 0.404 e. The second-order valence-corrected chi connectivity index (χ2v) is 7.14. The van der Waals surface area contributed by atoms with Gasteiger partial charge in [0.15, 0.2) is 0 Å². The highest BCUT2D eigenvalue weighted by Crippen LogP contribution is 2.29. The van der Waals surface area contributed by atoms with Gasteiger partial charge >= 0.3 is 6.09 Å². The average Bonchev–Trinajstić information content (AvgIpc) is 2.21. The van der Waals surface area contributed by atoms with Crippen molar-refractivity contribution in [2.24, 2.45) is 10.8 Å². The first-order valence-corrected chi connectivity index (χ1v) is 7.23. The third-order valence-electron chi connectivity index (χ3n) is 2.77. The third-order valence-corrected chi connectivity index (χ3v) is 4.02. The molecule has 2 atom stereocenters. The summed E-state index contributed by atoms with van der Waals surface area (Å²) < 4.78 is 0. The standard InChI is InChI=1S/C12H26N2O3S/c1-11(2,3)8(15)14-9(18-6)12(4,5)7-13-10(16)17/h8-9,13-15H,7H2,1-6H3,(H,16,17). The lowest BCUT2D eigenvalue weighted by Crippen LogP contribution is -2.52. The van der Waals surface area contributed by atoms with Gasteiger partial charge < -0.3 is 15.5 Å². The largest absolute Gasteiger partial charge is 0.465 e. The Hall–Kier alpha value is -0.460. The zero-order valence-corrected chi connectivity index (χ0v) is 12.9. The van der Waals surface area contributed by atoms with Gasteiger partial charge in [-0.15, -0.1) is 11.8 Å². The first-order valence-electron chi connectivity index (χ1n) is 5.94. The van der Waals surface area contributed by atoms with Gasteiger partial charge in [-0.2, -0.15) is 0 Å². The van der Waals surface area contributed by atoms with E-state index in [2.05, 4.69) is 10.6 Å². The van der Waals surface area contributed by atoms with Gasteiger partial charge in [0.25, 0.3) is 0 Å². The SMILES string of the molecule is CSC(NC(O)C(C)(C)C)C(C)(C)CNC(=O)O. The third kappa shape index (κ3) is 5.93. The Labute approximate surface area is 114 Å². The summed E-state index contributed by atoms with van der Waals surface area (Å²) in [4.78, 5) is 10.6. The topological polar surface area (TPSA) is 81.6 Å². The molecule has 6 heteroatoms. The monoisotopic (exact) mass is 278 g/mol. The van der Waals surface area contributed by atoms with Gasteiger partial charge in [0.1, 0.15) is 6.23 Å². The number of hydrogen-bond acceptors (Lipinski definition) is 4. The summed E-state index contributed by atoms with van der Waals surface area (Å²) in [7, 11) is 0. The van der Waals surface area contributed by atoms with Crippen molar-refractivity contribution in [1.82, 2.24) is 10.6 Å². The van der Waals surface area contributed by atoms with Gasteiger partial charge in [-0.25, -0.2) is 4.79 Å². The maximum Gasteiger partial charge on any atom is 0.404 e. The van der Waals surface area contributed by atoms with Crippen molar-refractivity contribution in [2.75, 3.05) is 12.8 Å². The molecule has 0 spiro atoms. The summed E-state index contributed by atoms with van der Waals surface area (Å²) >= 11 is 1.57. The van der Waals surface area contributed by atoms with Gasteiger partial charge in [0.05, 0.1) is 5.37 Å². The minimum atomic E-state index is -1.03. The van der Waals surface area contributed by atoms with Crippen LogP contribution in [0.5, 0.6) is 0 Å². The molecule has 0 saturated carbocycles. The van der Waals surface area contributed by atoms with Crippen LogP contribution in [0.15, 0.2) is 0 Å². The van der Waals surface area contributed by atoms with Crippen LogP contribution in [0, 0.1) is 10.8 Å². The number of aliphatic hydroxyl groups excluding tert-OH is 1. The van der Waals surface area contributed by atoms with E-state index in [1.165, 1.54) is 0 Å². The number of nitrogens with one attached hydrogen (secondary N) is 2. The Kier molecular flexibility index (Phi) is 6.46. The summed E-state index contributed by atoms with van der Waals surface area (Å²) in [6.45, 7) is 10.1. The fourth-order valence-corrected chi connectivity index (χ4v) is 2.39. The fraction of sp³-hybridized carbons (Fsp3) is 0.917. The van der Waals surface area contributed by atoms with Gasteiger partial charge in [-0.05, 0) is 6.26 Å². The summed E-state index contributed by atoms with van der Waals surface area (Å²) in [6, 6.07) is 0. The number of hydrogen-bond donors (Lipinski definition) is 4. The summed E-state index contributed by atoms with van der Waals surface area (Å²) in [6.07, 6.45) is 0.272. The minimum Gasteiger partial charge on any atom is -0.465 e. The predicted octanol–water partition coefficient (Wildman–Crippen LogP) is 1.92. The lowest BCUT2D eigenvalue weighted by Gasteiger charge is -2.38. The first-order chi connectivity index (χ1) is 8.00. The van der Waals surface area contributed by atoms with Crippen LogP contribution in [0.3, 0.4) is 0 Å². The molecule has 0 aliphatic heterocycles. The number of carboxylic acid groups (broad SMARTS) is 1. The van der Waals surface area contributed by atoms with Gasteiger partial charge in [-0.1, -0.05) is 34.6 Å². The molecular weight excluding hydrogens is 252 g/mol. The maximum absolute atomic E-state index is 10.6. The normalized spacial score (nSPS) is 16.2. The second kappa shape index (κ2) is 6.63. The Morgan fingerprint density at radius 1 is 1.28 bits per heavy atom. The molecule has 0 bridgehead atoms. The second-order valence-electron chi connectivity index (χ2n) is 6.20. The molecular formula is C12H26N2O3S. The Balaban J connectivity index is 4.60. The van der Waals surface area contributed by atoms with Crippen LogP contribution in [0.25, 0.3) is 0 Å². The van der Waals surface area contributed by atoms with Crippen molar-refractivity contribution in [1.29, 1.82) is 0 Å². The zero-order valence-electron chi connectivity index (χ0n) is 12.1. The molecule has 0 aromatic carbocycles. The highest BCUT2D eigenvalue weighted by atomic mass is 32.2. The van der Waals surface area contributed by atoms with Gasteiger partial charge in [0.2, 0.25) is 0 Å². The van der Waals surface area contributed by atoms with Crippen LogP contribution in [0.1, 0.15) is 34.6 Å². The van der Waals surface area contributed by atoms with Crippen LogP contribution in [0.4, 0.5) is 4.79 Å². The Morgan fingerprint density at radius 2 is 1.78 bits per heavy atom. The van der Waals surface area contributed by atoms with Crippen molar-refractivity contribution in [3.63, 3.8) is 0 Å². The van der Waals surface area contributed by atoms with E-state index < -0.39 is 12.3 Å². The molecule has 1 amide bonds. The lowest BCUT2D eigenvalue weighted by atomic mass is 9.90. The molecule has 4 N–H and O–H groups in total. The van der Waals surface area contributed by atoms with Crippen molar-refractivity contribution in [3.05, 3.63) is 0 Å². The van der Waals surface area contributed by atoms with Gasteiger partial charge in [0, 0.05) is 17.4 Å². The average molecular weight is 278 g/mol. The van der Waals surface area contributed by atoms with Crippen LogP contribution in [0.2, 0.25) is 0 Å². The van der Waals surface area contributed by atoms with E-state index in [1.54, 1.807) is 11.8 Å². The highest BCUT2D eigenvalue weighted by Gasteiger charge is 2.33. The number of aliphatic hydroxyl groups is 1. The molecule has 108 valence electrons. The maximum atomic E-state index is 10.6. The molecule has 0 heterocycles. The summed E-state index contributed by atoms with van der Waals surface area (Å²) in [5, 5.41) is 24.2. The van der Waals surface area contributed by atoms with Gasteiger partial charge in [-0.3, -0.25) is 5.32 Å². The molecule has 0 aromatic rings. The molecule has 18 heavy (non-hydrogen) atoms. The molecule has 5 nitrogen and oxygen atoms in total. The highest BCUT2D eigenvalue weighted by molar-refractivity contribution is 7.99. The molecule has 0 saturated heterocycles. The van der Waals surface area contributed by atoms with Crippen LogP contribution in [-0.4, -0.2) is 40.7 Å². The molecule has 0 radical (unpaired) electrons. The van der Waals surface area contributed by atoms with E-state index in [1.807, 2.05) is 40.9 Å². The van der Waals surface area contributed by atoms with E-state index in [-0.39, 0.29) is 16.2 Å². The van der Waals surface area contributed by atoms with Crippen LogP contribution in [-0.2, 0) is 0 Å². The molecule has 0 aliphatic rings. The zero-order chi connectivity index (χ0) is 14.6. The Bertz CT molecular complexity index is 277. The number of rotatable bonds is 6. The van der Waals surface area contributed by atoms with E-state index in [4.69, 9.17) is 5.11 Å². The van der Waals surface area contributed by atoms with Crippen LogP contribution >= 0.6 is 11.8 Å². The number of amides is 1. The first kappa shape index (κ1) is 17.5. The van der Waals surface area contributed by atoms with Crippen molar-refractivity contribution in [2.45, 2.75) is 46.2 Å². The van der Waals surface area contributed by atoms with Crippen LogP contribution < -0.4 is 10.6 Å². The molecule has 0 fully saturated rings. The van der Waals surface area contributed by atoms with E-state index in [9.17, 15) is 9.90 Å². The van der Waals surface area contributed by atoms with E-state index in [0.29, 0.717) is 6.54 Å². The minimum absolute atomic E-state index is 0.0430. The number of carbonyl (C=O) groups is 1. The molecule has 0 aromatic heterocycles. The Morgan fingerprint density at radius 3 is 2.11 bits per heavy atom. The van der Waals surface area contributed by atoms with E-state index in [0.717, 1.165) is 0 Å². The molecule has 0 rings (SSSR count). The predicted molar refractivity (Wildman–Crippen MR) is 75.7 cm³/mol.